The van der Waals surface area contributed by atoms with Gasteiger partial charge < -0.3 is 15.5 Å². The fraction of sp³-hybridized carbons (Fsp3) is 0.818. The minimum absolute atomic E-state index is 0.0542. The van der Waals surface area contributed by atoms with Crippen molar-refractivity contribution in [3.05, 3.63) is 0 Å². The van der Waals surface area contributed by atoms with Crippen LogP contribution >= 0.6 is 0 Å². The fourth-order valence-corrected chi connectivity index (χ4v) is 1.75. The molecule has 0 aromatic heterocycles. The smallest absolute Gasteiger partial charge is 0.239 e. The van der Waals surface area contributed by atoms with Crippen molar-refractivity contribution in [2.24, 2.45) is 5.92 Å². The lowest BCUT2D eigenvalue weighted by Crippen LogP contribution is -2.42. The first kappa shape index (κ1) is 13.0. The molecule has 0 spiro atoms. The van der Waals surface area contributed by atoms with Gasteiger partial charge in [-0.1, -0.05) is 13.8 Å². The molecule has 0 saturated carbocycles. The summed E-state index contributed by atoms with van der Waals surface area (Å²) < 4.78 is 0. The van der Waals surface area contributed by atoms with E-state index in [4.69, 9.17) is 0 Å². The molecule has 1 unspecified atom stereocenters. The van der Waals surface area contributed by atoms with E-state index in [2.05, 4.69) is 10.6 Å². The number of nitrogens with one attached hydrogen (secondary N) is 2. The molecule has 0 aromatic carbocycles. The predicted molar refractivity (Wildman–Crippen MR) is 61.9 cm³/mol. The number of hydrogen-bond donors (Lipinski definition) is 2. The molecule has 92 valence electrons. The topological polar surface area (TPSA) is 61.4 Å². The van der Waals surface area contributed by atoms with Gasteiger partial charge >= 0.3 is 0 Å². The number of amides is 2. The zero-order chi connectivity index (χ0) is 12.0. The minimum atomic E-state index is -0.0640. The number of nitrogens with zero attached hydrogens (tertiary/aromatic N) is 1. The number of hydrogen-bond acceptors (Lipinski definition) is 3. The highest BCUT2D eigenvalue weighted by Gasteiger charge is 2.23. The summed E-state index contributed by atoms with van der Waals surface area (Å²) in [4.78, 5) is 25.0. The molecular weight excluding hydrogens is 206 g/mol. The number of carbonyl (C=O) groups is 2. The van der Waals surface area contributed by atoms with Crippen LogP contribution in [0.4, 0.5) is 0 Å². The maximum Gasteiger partial charge on any atom is 0.239 e. The first-order valence-electron chi connectivity index (χ1n) is 5.91. The van der Waals surface area contributed by atoms with E-state index in [0.29, 0.717) is 19.6 Å². The van der Waals surface area contributed by atoms with Gasteiger partial charge in [0.05, 0.1) is 6.54 Å². The van der Waals surface area contributed by atoms with Crippen LogP contribution in [0.3, 0.4) is 0 Å². The molecule has 5 nitrogen and oxygen atoms in total. The minimum Gasteiger partial charge on any atom is -0.354 e. The Morgan fingerprint density at radius 2 is 2.38 bits per heavy atom. The Kier molecular flexibility index (Phi) is 5.25. The first-order chi connectivity index (χ1) is 7.65. The molecule has 0 bridgehead atoms. The van der Waals surface area contributed by atoms with Crippen LogP contribution in [0.25, 0.3) is 0 Å². The van der Waals surface area contributed by atoms with Crippen LogP contribution in [0, 0.1) is 5.92 Å². The van der Waals surface area contributed by atoms with Crippen LogP contribution < -0.4 is 10.6 Å². The van der Waals surface area contributed by atoms with E-state index in [1.807, 2.05) is 13.8 Å². The third-order valence-electron chi connectivity index (χ3n) is 2.70. The van der Waals surface area contributed by atoms with Crippen molar-refractivity contribution in [3.63, 3.8) is 0 Å². The van der Waals surface area contributed by atoms with E-state index in [9.17, 15) is 9.59 Å². The molecule has 1 fully saturated rings. The van der Waals surface area contributed by atoms with E-state index < -0.39 is 0 Å². The molecular formula is C11H21N3O2. The van der Waals surface area contributed by atoms with Crippen molar-refractivity contribution in [1.29, 1.82) is 0 Å². The highest BCUT2D eigenvalue weighted by Crippen LogP contribution is 2.04. The molecule has 2 amide bonds. The van der Waals surface area contributed by atoms with Gasteiger partial charge in [-0.2, -0.15) is 0 Å². The zero-order valence-electron chi connectivity index (χ0n) is 10.1. The molecule has 1 aliphatic heterocycles. The van der Waals surface area contributed by atoms with Gasteiger partial charge in [0.25, 0.3) is 0 Å². The zero-order valence-corrected chi connectivity index (χ0v) is 10.1. The highest BCUT2D eigenvalue weighted by atomic mass is 16.2. The van der Waals surface area contributed by atoms with Crippen LogP contribution in [-0.4, -0.2) is 49.4 Å². The van der Waals surface area contributed by atoms with Crippen LogP contribution in [0.5, 0.6) is 0 Å². The molecule has 1 aliphatic rings. The summed E-state index contributed by atoms with van der Waals surface area (Å²) in [6.07, 6.45) is 0.839. The van der Waals surface area contributed by atoms with Crippen molar-refractivity contribution in [2.45, 2.75) is 20.3 Å². The summed E-state index contributed by atoms with van der Waals surface area (Å²) in [5.41, 5.74) is 0. The van der Waals surface area contributed by atoms with Gasteiger partial charge in [-0.15, -0.1) is 0 Å². The Bertz CT molecular complexity index is 256. The Labute approximate surface area is 96.6 Å². The van der Waals surface area contributed by atoms with Gasteiger partial charge in [-0.3, -0.25) is 9.59 Å². The second kappa shape index (κ2) is 6.48. The Hall–Kier alpha value is -1.10. The van der Waals surface area contributed by atoms with Crippen molar-refractivity contribution >= 4 is 11.8 Å². The van der Waals surface area contributed by atoms with Crippen molar-refractivity contribution in [1.82, 2.24) is 15.5 Å². The van der Waals surface area contributed by atoms with Crippen LogP contribution in [0.1, 0.15) is 20.3 Å². The van der Waals surface area contributed by atoms with Gasteiger partial charge in [0.2, 0.25) is 11.8 Å². The Balaban J connectivity index is 2.47. The number of rotatable bonds is 4. The average Bonchev–Trinajstić information content (AvgIpc) is 2.49. The molecule has 1 saturated heterocycles. The third kappa shape index (κ3) is 3.81. The van der Waals surface area contributed by atoms with Gasteiger partial charge in [0.15, 0.2) is 0 Å². The third-order valence-corrected chi connectivity index (χ3v) is 2.70. The Morgan fingerprint density at radius 3 is 3.06 bits per heavy atom. The van der Waals surface area contributed by atoms with E-state index in [1.165, 1.54) is 0 Å². The second-order valence-corrected chi connectivity index (χ2v) is 4.17. The average molecular weight is 227 g/mol. The monoisotopic (exact) mass is 227 g/mol. The lowest BCUT2D eigenvalue weighted by Gasteiger charge is -2.23. The fourth-order valence-electron chi connectivity index (χ4n) is 1.75. The van der Waals surface area contributed by atoms with E-state index >= 15 is 0 Å². The second-order valence-electron chi connectivity index (χ2n) is 4.17. The van der Waals surface area contributed by atoms with Crippen molar-refractivity contribution in [3.8, 4) is 0 Å². The summed E-state index contributed by atoms with van der Waals surface area (Å²) in [6.45, 7) is 6.99. The molecule has 2 N–H and O–H groups in total. The predicted octanol–water partition coefficient (Wildman–Crippen LogP) is -0.419. The Morgan fingerprint density at radius 1 is 1.62 bits per heavy atom. The molecule has 1 rings (SSSR count). The van der Waals surface area contributed by atoms with Crippen molar-refractivity contribution < 1.29 is 9.59 Å². The maximum atomic E-state index is 12.0. The summed E-state index contributed by atoms with van der Waals surface area (Å²) in [7, 11) is 0. The SMILES string of the molecule is CCNCC(C)C(=O)N1CCCNC(=O)C1. The largest absolute Gasteiger partial charge is 0.354 e. The van der Waals surface area contributed by atoms with E-state index in [0.717, 1.165) is 13.0 Å². The quantitative estimate of drug-likeness (QED) is 0.686. The maximum absolute atomic E-state index is 12.0. The van der Waals surface area contributed by atoms with Gasteiger partial charge in [0, 0.05) is 25.6 Å². The molecule has 1 atom stereocenters. The molecule has 0 radical (unpaired) electrons. The number of carbonyl (C=O) groups excluding carboxylic acids is 2. The summed E-state index contributed by atoms with van der Waals surface area (Å²) in [6, 6.07) is 0. The normalized spacial score (nSPS) is 18.9. The van der Waals surface area contributed by atoms with Gasteiger partial charge in [-0.25, -0.2) is 0 Å². The molecule has 16 heavy (non-hydrogen) atoms. The molecule has 0 aromatic rings. The van der Waals surface area contributed by atoms with E-state index in [1.54, 1.807) is 4.90 Å². The van der Waals surface area contributed by atoms with Crippen LogP contribution in [0.15, 0.2) is 0 Å². The lowest BCUT2D eigenvalue weighted by molar-refractivity contribution is -0.138. The lowest BCUT2D eigenvalue weighted by atomic mass is 10.1. The summed E-state index contributed by atoms with van der Waals surface area (Å²) in [5, 5.41) is 5.91. The summed E-state index contributed by atoms with van der Waals surface area (Å²) in [5.74, 6) is -0.0506. The first-order valence-corrected chi connectivity index (χ1v) is 5.91. The van der Waals surface area contributed by atoms with Crippen LogP contribution in [0.2, 0.25) is 0 Å². The van der Waals surface area contributed by atoms with Gasteiger partial charge in [-0.05, 0) is 13.0 Å². The molecule has 1 heterocycles. The molecule has 5 heteroatoms. The molecule has 0 aliphatic carbocycles. The van der Waals surface area contributed by atoms with Crippen molar-refractivity contribution in [2.75, 3.05) is 32.7 Å². The standard InChI is InChI=1S/C11H21N3O2/c1-3-12-7-9(2)11(16)14-6-4-5-13-10(15)8-14/h9,12H,3-8H2,1-2H3,(H,13,15). The highest BCUT2D eigenvalue weighted by molar-refractivity contribution is 5.86. The summed E-state index contributed by atoms with van der Waals surface area (Å²) >= 11 is 0. The van der Waals surface area contributed by atoms with Crippen LogP contribution in [-0.2, 0) is 9.59 Å². The van der Waals surface area contributed by atoms with Gasteiger partial charge in [0.1, 0.15) is 0 Å². The van der Waals surface area contributed by atoms with E-state index in [-0.39, 0.29) is 24.3 Å².